The number of fused-ring (bicyclic) bond motifs is 1. The second-order valence-electron chi connectivity index (χ2n) is 6.37. The predicted molar refractivity (Wildman–Crippen MR) is 114 cm³/mol. The topological polar surface area (TPSA) is 87.2 Å². The number of carbonyl (C=O) groups is 1. The molecule has 0 saturated carbocycles. The highest BCUT2D eigenvalue weighted by molar-refractivity contribution is 7.98. The number of benzene rings is 1. The lowest BCUT2D eigenvalue weighted by Gasteiger charge is -2.12. The lowest BCUT2D eigenvalue weighted by molar-refractivity contribution is 0.0601. The SMILES string of the molecule is COC(=O)c1ccc2c(=O)n(Cc3ccco3)c(SCc3ccc(Cl)nc3)nc2c1. The summed E-state index contributed by atoms with van der Waals surface area (Å²) < 4.78 is 11.7. The normalized spacial score (nSPS) is 11.0. The van der Waals surface area contributed by atoms with E-state index in [0.29, 0.717) is 38.3 Å². The molecule has 0 unspecified atom stereocenters. The van der Waals surface area contributed by atoms with Gasteiger partial charge in [0.15, 0.2) is 5.16 Å². The number of halogens is 1. The first kappa shape index (κ1) is 20.2. The van der Waals surface area contributed by atoms with Crippen molar-refractivity contribution in [2.75, 3.05) is 7.11 Å². The summed E-state index contributed by atoms with van der Waals surface area (Å²) in [4.78, 5) is 33.8. The van der Waals surface area contributed by atoms with Gasteiger partial charge >= 0.3 is 5.97 Å². The number of carbonyl (C=O) groups excluding carboxylic acids is 1. The molecular weight excluding hydrogens is 426 g/mol. The van der Waals surface area contributed by atoms with E-state index in [2.05, 4.69) is 9.97 Å². The van der Waals surface area contributed by atoms with Gasteiger partial charge in [-0.15, -0.1) is 0 Å². The van der Waals surface area contributed by atoms with Gasteiger partial charge in [-0.25, -0.2) is 14.8 Å². The van der Waals surface area contributed by atoms with Gasteiger partial charge in [-0.3, -0.25) is 9.36 Å². The summed E-state index contributed by atoms with van der Waals surface area (Å²) in [6.07, 6.45) is 3.24. The number of esters is 1. The van der Waals surface area contributed by atoms with Gasteiger partial charge in [-0.1, -0.05) is 29.4 Å². The Balaban J connectivity index is 1.77. The fourth-order valence-corrected chi connectivity index (χ4v) is 3.94. The zero-order chi connectivity index (χ0) is 21.1. The third kappa shape index (κ3) is 4.24. The van der Waals surface area contributed by atoms with E-state index in [-0.39, 0.29) is 12.1 Å². The number of aromatic nitrogens is 3. The molecule has 0 atom stereocenters. The average molecular weight is 442 g/mol. The number of rotatable bonds is 6. The third-order valence-electron chi connectivity index (χ3n) is 4.39. The quantitative estimate of drug-likeness (QED) is 0.192. The summed E-state index contributed by atoms with van der Waals surface area (Å²) in [5, 5.41) is 1.32. The molecule has 152 valence electrons. The van der Waals surface area contributed by atoms with E-state index < -0.39 is 5.97 Å². The van der Waals surface area contributed by atoms with Crippen molar-refractivity contribution in [1.82, 2.24) is 14.5 Å². The van der Waals surface area contributed by atoms with Crippen molar-refractivity contribution in [2.45, 2.75) is 17.5 Å². The number of pyridine rings is 1. The Kier molecular flexibility index (Phi) is 5.87. The van der Waals surface area contributed by atoms with E-state index in [0.717, 1.165) is 5.56 Å². The smallest absolute Gasteiger partial charge is 0.337 e. The summed E-state index contributed by atoms with van der Waals surface area (Å²) in [6.45, 7) is 0.245. The van der Waals surface area contributed by atoms with Crippen LogP contribution in [0, 0.1) is 0 Å². The number of ether oxygens (including phenoxy) is 1. The maximum absolute atomic E-state index is 13.2. The van der Waals surface area contributed by atoms with Crippen molar-refractivity contribution in [1.29, 1.82) is 0 Å². The number of methoxy groups -OCH3 is 1. The fourth-order valence-electron chi connectivity index (χ4n) is 2.89. The number of thioether (sulfide) groups is 1. The Bertz CT molecular complexity index is 1250. The van der Waals surface area contributed by atoms with E-state index in [1.54, 1.807) is 53.4 Å². The molecule has 9 heteroatoms. The van der Waals surface area contributed by atoms with Crippen LogP contribution in [0.3, 0.4) is 0 Å². The second-order valence-corrected chi connectivity index (χ2v) is 7.70. The summed E-state index contributed by atoms with van der Waals surface area (Å²) in [7, 11) is 1.31. The Labute approximate surface area is 180 Å². The van der Waals surface area contributed by atoms with Gasteiger partial charge in [0.2, 0.25) is 0 Å². The first-order valence-corrected chi connectivity index (χ1v) is 10.3. The molecule has 0 bridgehead atoms. The summed E-state index contributed by atoms with van der Waals surface area (Å²) in [6, 6.07) is 11.9. The largest absolute Gasteiger partial charge is 0.467 e. The highest BCUT2D eigenvalue weighted by Crippen LogP contribution is 2.24. The van der Waals surface area contributed by atoms with Gasteiger partial charge in [-0.05, 0) is 42.0 Å². The van der Waals surface area contributed by atoms with Gasteiger partial charge in [0.25, 0.3) is 5.56 Å². The van der Waals surface area contributed by atoms with Crippen LogP contribution in [0.1, 0.15) is 21.7 Å². The fraction of sp³-hybridized carbons (Fsp3) is 0.143. The molecule has 0 radical (unpaired) electrons. The number of hydrogen-bond acceptors (Lipinski definition) is 7. The van der Waals surface area contributed by atoms with Crippen LogP contribution in [-0.2, 0) is 17.0 Å². The van der Waals surface area contributed by atoms with Gasteiger partial charge in [-0.2, -0.15) is 0 Å². The molecular formula is C21H16ClN3O4S. The van der Waals surface area contributed by atoms with Crippen LogP contribution in [0.4, 0.5) is 0 Å². The highest BCUT2D eigenvalue weighted by atomic mass is 35.5. The average Bonchev–Trinajstić information content (AvgIpc) is 3.28. The maximum atomic E-state index is 13.2. The van der Waals surface area contributed by atoms with Crippen LogP contribution in [0.15, 0.2) is 69.3 Å². The Morgan fingerprint density at radius 3 is 2.83 bits per heavy atom. The minimum Gasteiger partial charge on any atom is -0.467 e. The molecule has 0 aliphatic carbocycles. The highest BCUT2D eigenvalue weighted by Gasteiger charge is 2.15. The van der Waals surface area contributed by atoms with Crippen LogP contribution in [-0.4, -0.2) is 27.6 Å². The number of hydrogen-bond donors (Lipinski definition) is 0. The summed E-state index contributed by atoms with van der Waals surface area (Å²) >= 11 is 7.24. The maximum Gasteiger partial charge on any atom is 0.337 e. The van der Waals surface area contributed by atoms with E-state index in [1.165, 1.54) is 18.9 Å². The predicted octanol–water partition coefficient (Wildman–Crippen LogP) is 4.17. The van der Waals surface area contributed by atoms with Crippen LogP contribution < -0.4 is 5.56 Å². The summed E-state index contributed by atoms with van der Waals surface area (Å²) in [5.74, 6) is 0.691. The lowest BCUT2D eigenvalue weighted by Crippen LogP contribution is -2.24. The zero-order valence-electron chi connectivity index (χ0n) is 15.9. The Morgan fingerprint density at radius 2 is 2.13 bits per heavy atom. The molecule has 30 heavy (non-hydrogen) atoms. The van der Waals surface area contributed by atoms with Crippen molar-refractivity contribution in [3.05, 3.63) is 87.3 Å². The monoisotopic (exact) mass is 441 g/mol. The minimum absolute atomic E-state index is 0.218. The summed E-state index contributed by atoms with van der Waals surface area (Å²) in [5.41, 5.74) is 1.48. The third-order valence-corrected chi connectivity index (χ3v) is 5.66. The number of nitrogens with zero attached hydrogens (tertiary/aromatic N) is 3. The number of furan rings is 1. The molecule has 3 aromatic heterocycles. The zero-order valence-corrected chi connectivity index (χ0v) is 17.4. The molecule has 0 amide bonds. The van der Waals surface area contributed by atoms with Crippen LogP contribution in [0.2, 0.25) is 5.15 Å². The molecule has 0 saturated heterocycles. The van der Waals surface area contributed by atoms with E-state index in [1.807, 2.05) is 6.07 Å². The Morgan fingerprint density at radius 1 is 1.27 bits per heavy atom. The van der Waals surface area contributed by atoms with Crippen LogP contribution >= 0.6 is 23.4 Å². The van der Waals surface area contributed by atoms with Crippen molar-refractivity contribution < 1.29 is 13.9 Å². The van der Waals surface area contributed by atoms with E-state index >= 15 is 0 Å². The first-order chi connectivity index (χ1) is 14.5. The van der Waals surface area contributed by atoms with E-state index in [9.17, 15) is 9.59 Å². The molecule has 0 aliphatic heterocycles. The molecule has 0 aliphatic rings. The van der Waals surface area contributed by atoms with E-state index in [4.69, 9.17) is 20.8 Å². The second kappa shape index (κ2) is 8.73. The molecule has 7 nitrogen and oxygen atoms in total. The van der Waals surface area contributed by atoms with Crippen molar-refractivity contribution >= 4 is 40.2 Å². The van der Waals surface area contributed by atoms with Gasteiger partial charge in [0.05, 0.1) is 36.4 Å². The van der Waals surface area contributed by atoms with Crippen molar-refractivity contribution in [3.8, 4) is 0 Å². The van der Waals surface area contributed by atoms with Gasteiger partial charge in [0.1, 0.15) is 10.9 Å². The molecule has 0 spiro atoms. The first-order valence-electron chi connectivity index (χ1n) is 8.93. The Hall–Kier alpha value is -3.10. The minimum atomic E-state index is -0.486. The van der Waals surface area contributed by atoms with Gasteiger partial charge in [0, 0.05) is 11.9 Å². The molecule has 3 heterocycles. The van der Waals surface area contributed by atoms with Crippen LogP contribution in [0.25, 0.3) is 10.9 Å². The van der Waals surface area contributed by atoms with Crippen molar-refractivity contribution in [2.24, 2.45) is 0 Å². The van der Waals surface area contributed by atoms with Gasteiger partial charge < -0.3 is 9.15 Å². The van der Waals surface area contributed by atoms with Crippen molar-refractivity contribution in [3.63, 3.8) is 0 Å². The molecule has 1 aromatic carbocycles. The standard InChI is InChI=1S/C21H16ClN3O4S/c1-28-20(27)14-5-6-16-17(9-14)24-21(30-12-13-4-7-18(22)23-10-13)25(19(16)26)11-15-3-2-8-29-15/h2-10H,11-12H2,1H3. The molecule has 0 N–H and O–H groups in total. The molecule has 4 aromatic rings. The molecule has 4 rings (SSSR count). The molecule has 0 fully saturated rings. The lowest BCUT2D eigenvalue weighted by atomic mass is 10.1. The van der Waals surface area contributed by atoms with Crippen LogP contribution in [0.5, 0.6) is 0 Å².